The fraction of sp³-hybridized carbons (Fsp3) is 0.259. The molecule has 2 N–H and O–H groups in total. The van der Waals surface area contributed by atoms with E-state index in [1.54, 1.807) is 24.3 Å². The van der Waals surface area contributed by atoms with Crippen LogP contribution in [0.1, 0.15) is 31.8 Å². The van der Waals surface area contributed by atoms with Gasteiger partial charge in [0.2, 0.25) is 0 Å². The van der Waals surface area contributed by atoms with Crippen molar-refractivity contribution >= 4 is 11.9 Å². The van der Waals surface area contributed by atoms with Crippen LogP contribution in [0.15, 0.2) is 72.8 Å². The van der Waals surface area contributed by atoms with Crippen LogP contribution in [-0.4, -0.2) is 50.1 Å². The maximum absolute atomic E-state index is 12.7. The van der Waals surface area contributed by atoms with Gasteiger partial charge in [0.15, 0.2) is 0 Å². The van der Waals surface area contributed by atoms with Crippen LogP contribution in [0.5, 0.6) is 0 Å². The number of hydrogen-bond donors (Lipinski definition) is 2. The summed E-state index contributed by atoms with van der Waals surface area (Å²) in [5.41, 5.74) is 5.12. The lowest BCUT2D eigenvalue weighted by molar-refractivity contribution is 0.0596. The van der Waals surface area contributed by atoms with E-state index in [9.17, 15) is 9.59 Å². The van der Waals surface area contributed by atoms with E-state index < -0.39 is 5.97 Å². The summed E-state index contributed by atoms with van der Waals surface area (Å²) in [4.78, 5) is 27.1. The third kappa shape index (κ3) is 5.86. The van der Waals surface area contributed by atoms with E-state index in [0.717, 1.165) is 49.4 Å². The Bertz CT molecular complexity index is 1120. The molecule has 6 nitrogen and oxygen atoms in total. The van der Waals surface area contributed by atoms with Crippen molar-refractivity contribution in [2.24, 2.45) is 0 Å². The quantitative estimate of drug-likeness (QED) is 0.547. The molecule has 0 unspecified atom stereocenters. The maximum Gasteiger partial charge on any atom is 0.338 e. The molecule has 1 heterocycles. The molecule has 3 aromatic rings. The summed E-state index contributed by atoms with van der Waals surface area (Å²) in [6.07, 6.45) is 0. The first-order valence-electron chi connectivity index (χ1n) is 11.2. The third-order valence-electron chi connectivity index (χ3n) is 5.83. The van der Waals surface area contributed by atoms with Crippen molar-refractivity contribution in [1.82, 2.24) is 15.5 Å². The summed E-state index contributed by atoms with van der Waals surface area (Å²) in [5.74, 6) is -0.831. The Hall–Kier alpha value is -3.48. The smallest absolute Gasteiger partial charge is 0.338 e. The van der Waals surface area contributed by atoms with Crippen LogP contribution in [0.2, 0.25) is 0 Å². The van der Waals surface area contributed by atoms with Gasteiger partial charge in [-0.05, 0) is 46.5 Å². The molecule has 1 amide bonds. The topological polar surface area (TPSA) is 70.7 Å². The zero-order valence-corrected chi connectivity index (χ0v) is 18.8. The minimum Gasteiger partial charge on any atom is -0.465 e. The largest absolute Gasteiger partial charge is 0.465 e. The Morgan fingerprint density at radius 1 is 0.879 bits per heavy atom. The number of carbonyl (C=O) groups excluding carboxylic acids is 2. The maximum atomic E-state index is 12.7. The van der Waals surface area contributed by atoms with Crippen molar-refractivity contribution in [3.63, 3.8) is 0 Å². The van der Waals surface area contributed by atoms with Gasteiger partial charge in [-0.25, -0.2) is 4.79 Å². The average Bonchev–Trinajstić information content (AvgIpc) is 2.88. The van der Waals surface area contributed by atoms with Gasteiger partial charge in [0.25, 0.3) is 5.91 Å². The van der Waals surface area contributed by atoms with Gasteiger partial charge in [-0.2, -0.15) is 0 Å². The lowest BCUT2D eigenvalue weighted by Gasteiger charge is -2.27. The van der Waals surface area contributed by atoms with Crippen molar-refractivity contribution in [1.29, 1.82) is 0 Å². The van der Waals surface area contributed by atoms with Crippen molar-refractivity contribution < 1.29 is 14.3 Å². The van der Waals surface area contributed by atoms with Crippen LogP contribution in [0.25, 0.3) is 11.1 Å². The van der Waals surface area contributed by atoms with Gasteiger partial charge in [0.1, 0.15) is 0 Å². The first kappa shape index (κ1) is 22.7. The highest BCUT2D eigenvalue weighted by molar-refractivity contribution is 6.05. The predicted molar refractivity (Wildman–Crippen MR) is 129 cm³/mol. The van der Waals surface area contributed by atoms with E-state index in [-0.39, 0.29) is 11.5 Å². The summed E-state index contributed by atoms with van der Waals surface area (Å²) in [7, 11) is 1.31. The Kier molecular flexibility index (Phi) is 7.50. The van der Waals surface area contributed by atoms with Crippen LogP contribution >= 0.6 is 0 Å². The van der Waals surface area contributed by atoms with E-state index in [0.29, 0.717) is 12.1 Å². The minimum atomic E-state index is -0.525. The number of methoxy groups -OCH3 is 1. The highest BCUT2D eigenvalue weighted by Crippen LogP contribution is 2.22. The molecule has 1 saturated heterocycles. The summed E-state index contributed by atoms with van der Waals surface area (Å²) in [6, 6.07) is 23.5. The molecule has 1 fully saturated rings. The van der Waals surface area contributed by atoms with E-state index in [1.165, 1.54) is 12.7 Å². The molecule has 6 heteroatoms. The molecule has 0 aliphatic carbocycles. The Balaban J connectivity index is 1.44. The fourth-order valence-electron chi connectivity index (χ4n) is 4.08. The number of piperazine rings is 1. The highest BCUT2D eigenvalue weighted by atomic mass is 16.5. The number of nitrogens with zero attached hydrogens (tertiary/aromatic N) is 1. The van der Waals surface area contributed by atoms with Crippen LogP contribution < -0.4 is 10.6 Å². The molecule has 170 valence electrons. The first-order valence-corrected chi connectivity index (χ1v) is 11.2. The molecule has 4 rings (SSSR count). The van der Waals surface area contributed by atoms with Crippen LogP contribution in [-0.2, 0) is 17.8 Å². The molecular formula is C27H29N3O3. The number of esters is 1. The fourth-order valence-corrected chi connectivity index (χ4v) is 4.08. The lowest BCUT2D eigenvalue weighted by Crippen LogP contribution is -2.42. The van der Waals surface area contributed by atoms with Gasteiger partial charge in [-0.1, -0.05) is 48.5 Å². The second kappa shape index (κ2) is 10.9. The Morgan fingerprint density at radius 2 is 1.52 bits per heavy atom. The zero-order chi connectivity index (χ0) is 23.0. The van der Waals surface area contributed by atoms with Gasteiger partial charge in [-0.15, -0.1) is 0 Å². The number of hydrogen-bond acceptors (Lipinski definition) is 5. The first-order chi connectivity index (χ1) is 16.1. The number of rotatable bonds is 7. The number of carbonyl (C=O) groups is 2. The average molecular weight is 444 g/mol. The van der Waals surface area contributed by atoms with Crippen LogP contribution in [0.4, 0.5) is 0 Å². The van der Waals surface area contributed by atoms with Gasteiger partial charge >= 0.3 is 5.97 Å². The van der Waals surface area contributed by atoms with Crippen molar-refractivity contribution in [3.05, 3.63) is 95.1 Å². The second-order valence-electron chi connectivity index (χ2n) is 8.15. The van der Waals surface area contributed by atoms with Crippen molar-refractivity contribution in [2.45, 2.75) is 13.1 Å². The number of ether oxygens (including phenoxy) is 1. The minimum absolute atomic E-state index is 0.257. The monoisotopic (exact) mass is 443 g/mol. The SMILES string of the molecule is COC(=O)c1ccccc1C(=O)NCc1cccc(-c2cccc(CN3CCNCC3)c2)c1. The molecule has 33 heavy (non-hydrogen) atoms. The number of nitrogens with one attached hydrogen (secondary N) is 2. The van der Waals surface area contributed by atoms with Gasteiger partial charge in [0.05, 0.1) is 18.2 Å². The molecule has 1 aliphatic rings. The Morgan fingerprint density at radius 3 is 2.21 bits per heavy atom. The van der Waals surface area contributed by atoms with Gasteiger partial charge < -0.3 is 15.4 Å². The summed E-state index contributed by atoms with van der Waals surface area (Å²) >= 11 is 0. The molecule has 0 saturated carbocycles. The molecule has 3 aromatic carbocycles. The molecule has 0 atom stereocenters. The molecule has 0 radical (unpaired) electrons. The third-order valence-corrected chi connectivity index (χ3v) is 5.83. The summed E-state index contributed by atoms with van der Waals surface area (Å²) < 4.78 is 4.79. The normalized spacial score (nSPS) is 14.0. The number of amides is 1. The van der Waals surface area contributed by atoms with Crippen molar-refractivity contribution in [3.8, 4) is 11.1 Å². The molecule has 0 aromatic heterocycles. The summed E-state index contributed by atoms with van der Waals surface area (Å²) in [6.45, 7) is 5.53. The van der Waals surface area contributed by atoms with Gasteiger partial charge in [0, 0.05) is 39.3 Å². The molecule has 0 bridgehead atoms. The van der Waals surface area contributed by atoms with Gasteiger partial charge in [-0.3, -0.25) is 9.69 Å². The Labute approximate surface area is 194 Å². The second-order valence-corrected chi connectivity index (χ2v) is 8.15. The summed E-state index contributed by atoms with van der Waals surface area (Å²) in [5, 5.41) is 6.31. The molecular weight excluding hydrogens is 414 g/mol. The molecule has 1 aliphatic heterocycles. The van der Waals surface area contributed by atoms with E-state index in [2.05, 4.69) is 51.9 Å². The van der Waals surface area contributed by atoms with Crippen LogP contribution in [0.3, 0.4) is 0 Å². The standard InChI is InChI=1S/C27H29N3O3/c1-33-27(32)25-11-3-2-10-24(25)26(31)29-18-20-6-4-8-22(16-20)23-9-5-7-21(17-23)19-30-14-12-28-13-15-30/h2-11,16-17,28H,12-15,18-19H2,1H3,(H,29,31). The number of benzene rings is 3. The lowest BCUT2D eigenvalue weighted by atomic mass is 10.0. The molecule has 0 spiro atoms. The van der Waals surface area contributed by atoms with E-state index in [1.807, 2.05) is 12.1 Å². The predicted octanol–water partition coefficient (Wildman–Crippen LogP) is 3.48. The van der Waals surface area contributed by atoms with Crippen molar-refractivity contribution in [2.75, 3.05) is 33.3 Å². The van der Waals surface area contributed by atoms with E-state index in [4.69, 9.17) is 4.74 Å². The highest BCUT2D eigenvalue weighted by Gasteiger charge is 2.17. The van der Waals surface area contributed by atoms with E-state index >= 15 is 0 Å². The zero-order valence-electron chi connectivity index (χ0n) is 18.8. The van der Waals surface area contributed by atoms with Crippen LogP contribution in [0, 0.1) is 0 Å².